The van der Waals surface area contributed by atoms with Crippen molar-refractivity contribution in [3.05, 3.63) is 0 Å². The Balaban J connectivity index is 0.923. The molecule has 0 unspecified atom stereocenters. The van der Waals surface area contributed by atoms with E-state index in [4.69, 9.17) is 61.6 Å². The van der Waals surface area contributed by atoms with Gasteiger partial charge < -0.3 is 179 Å². The zero-order valence-corrected chi connectivity index (χ0v) is 40.8. The molecule has 0 aliphatic carbocycles. The molecule has 0 aromatic carbocycles. The van der Waals surface area contributed by atoms with Gasteiger partial charge >= 0.3 is 0 Å². The van der Waals surface area contributed by atoms with Crippen LogP contribution >= 0.6 is 0 Å². The largest absolute Gasteiger partial charge is 0.394 e. The van der Waals surface area contributed by atoms with Crippen LogP contribution in [0.25, 0.3) is 0 Å². The van der Waals surface area contributed by atoms with Crippen molar-refractivity contribution in [2.24, 2.45) is 0 Å². The smallest absolute Gasteiger partial charge is 0.187 e. The van der Waals surface area contributed by atoms with E-state index in [1.807, 2.05) is 0 Å². The summed E-state index contributed by atoms with van der Waals surface area (Å²) >= 11 is 0. The van der Waals surface area contributed by atoms with Crippen LogP contribution in [0.3, 0.4) is 0 Å². The van der Waals surface area contributed by atoms with Crippen LogP contribution in [0, 0.1) is 0 Å². The minimum atomic E-state index is -2.05. The number of hydrogen-bond acceptors (Lipinski definition) is 36. The van der Waals surface area contributed by atoms with E-state index < -0.39 is 261 Å². The Hall–Kier alpha value is -1.44. The van der Waals surface area contributed by atoms with Gasteiger partial charge in [-0.25, -0.2) is 0 Å². The highest BCUT2D eigenvalue weighted by molar-refractivity contribution is 5.01. The molecule has 78 heavy (non-hydrogen) atoms. The fraction of sp³-hybridized carbons (Fsp3) is 1.00. The second-order valence-corrected chi connectivity index (χ2v) is 19.6. The first-order chi connectivity index (χ1) is 37.0. The van der Waals surface area contributed by atoms with Crippen LogP contribution in [0.4, 0.5) is 0 Å². The Kier molecular flexibility index (Phi) is 22.6. The lowest BCUT2D eigenvalue weighted by Gasteiger charge is -2.30. The van der Waals surface area contributed by atoms with Crippen LogP contribution in [0.1, 0.15) is 0 Å². The van der Waals surface area contributed by atoms with E-state index in [1.54, 1.807) is 0 Å². The first-order valence-corrected chi connectivity index (χ1v) is 24.7. The first-order valence-electron chi connectivity index (χ1n) is 24.7. The molecule has 0 radical (unpaired) electrons. The molecule has 7 saturated heterocycles. The molecule has 7 heterocycles. The van der Waals surface area contributed by atoms with Gasteiger partial charge in [-0.1, -0.05) is 0 Å². The van der Waals surface area contributed by atoms with Gasteiger partial charge in [-0.15, -0.1) is 0 Å². The van der Waals surface area contributed by atoms with Gasteiger partial charge in [0.15, 0.2) is 44.0 Å². The van der Waals surface area contributed by atoms with Crippen LogP contribution in [-0.4, -0.2) is 379 Å². The molecule has 36 nitrogen and oxygen atoms in total. The van der Waals surface area contributed by atoms with Crippen molar-refractivity contribution in [1.82, 2.24) is 0 Å². The minimum Gasteiger partial charge on any atom is -0.394 e. The highest BCUT2D eigenvalue weighted by Crippen LogP contribution is 2.38. The van der Waals surface area contributed by atoms with Gasteiger partial charge in [-0.3, -0.25) is 0 Å². The third-order valence-electron chi connectivity index (χ3n) is 14.5. The topological polar surface area (TPSA) is 585 Å². The summed E-state index contributed by atoms with van der Waals surface area (Å²) in [7, 11) is 0. The average Bonchev–Trinajstić information content (AvgIpc) is 4.31. The van der Waals surface area contributed by atoms with Crippen molar-refractivity contribution in [3.63, 3.8) is 0 Å². The zero-order chi connectivity index (χ0) is 57.3. The molecule has 7 aliphatic rings. The van der Waals surface area contributed by atoms with Crippen LogP contribution in [0.2, 0.25) is 0 Å². The molecule has 0 saturated carbocycles. The summed E-state index contributed by atoms with van der Waals surface area (Å²) in [4.78, 5) is 0. The van der Waals surface area contributed by atoms with E-state index in [-0.39, 0.29) is 0 Å². The van der Waals surface area contributed by atoms with Gasteiger partial charge in [-0.2, -0.15) is 0 Å². The molecule has 456 valence electrons. The minimum absolute atomic E-state index is 0.870. The third kappa shape index (κ3) is 12.9. The lowest BCUT2D eigenvalue weighted by atomic mass is 10.0. The fourth-order valence-electron chi connectivity index (χ4n) is 10.0. The quantitative estimate of drug-likeness (QED) is 0.0382. The Morgan fingerprint density at radius 3 is 0.590 bits per heavy atom. The molecule has 36 heteroatoms. The molecule has 7 fully saturated rings. The molecule has 7 aliphatic heterocycles. The van der Waals surface area contributed by atoms with Crippen molar-refractivity contribution in [3.8, 4) is 0 Å². The summed E-state index contributed by atoms with van der Waals surface area (Å²) < 4.78 is 71.8. The summed E-state index contributed by atoms with van der Waals surface area (Å²) in [6.07, 6.45) is -63.9. The van der Waals surface area contributed by atoms with E-state index in [0.29, 0.717) is 0 Å². The standard InChI is InChI=1S/C42H72O36/c43-1-8(50)29-16(52)23(59)37(73-29)67-10(3-45)31-18(54)25(61)39(75-31)69-12(5-47)33-20(56)27(63)41(77-33)71-14(7-49)35-21(57)28(64)42(78-35)70-13(6-48)34-19(55)26(62)40(76-34)68-11(4-46)32-17(53)24(60)38(74-32)66-9(2-44)30-15(51)22(58)36(65)72-30/h8-65H,1-7H2/t8-,9-,10-,11-,12-,13-,14-,15-,16-,17-,18-,19-,20-,21-,22-,23-,24-,25-,26-,27-,28-,29+,30+,31+,32+,33+,34+,35+,36-,37-,38-,39-,40-,41-,42-/m1/s1. The van der Waals surface area contributed by atoms with Crippen molar-refractivity contribution >= 4 is 0 Å². The van der Waals surface area contributed by atoms with Crippen molar-refractivity contribution in [1.29, 1.82) is 0 Å². The van der Waals surface area contributed by atoms with E-state index in [9.17, 15) is 117 Å². The van der Waals surface area contributed by atoms with Gasteiger partial charge in [0.1, 0.15) is 171 Å². The Bertz CT molecular complexity index is 1820. The number of aliphatic hydroxyl groups excluding tert-OH is 23. The third-order valence-corrected chi connectivity index (χ3v) is 14.5. The number of hydrogen-bond donors (Lipinski definition) is 23. The van der Waals surface area contributed by atoms with Crippen LogP contribution in [0.5, 0.6) is 0 Å². The van der Waals surface area contributed by atoms with Crippen LogP contribution in [0.15, 0.2) is 0 Å². The summed E-state index contributed by atoms with van der Waals surface area (Å²) in [5.74, 6) is 0. The lowest BCUT2D eigenvalue weighted by Crippen LogP contribution is -2.46. The normalized spacial score (nSPS) is 48.7. The predicted molar refractivity (Wildman–Crippen MR) is 232 cm³/mol. The van der Waals surface area contributed by atoms with Crippen molar-refractivity contribution in [2.75, 3.05) is 46.2 Å². The first kappa shape index (κ1) is 64.1. The number of aliphatic hydroxyl groups is 23. The predicted octanol–water partition coefficient (Wildman–Crippen LogP) is -16.3. The van der Waals surface area contributed by atoms with Crippen molar-refractivity contribution in [2.45, 2.75) is 215 Å². The lowest BCUT2D eigenvalue weighted by molar-refractivity contribution is -0.276. The molecule has 7 rings (SSSR count). The maximum absolute atomic E-state index is 11.0. The van der Waals surface area contributed by atoms with E-state index in [1.165, 1.54) is 0 Å². The Morgan fingerprint density at radius 2 is 0.410 bits per heavy atom. The monoisotopic (exact) mass is 1150 g/mol. The molecule has 0 aromatic rings. The van der Waals surface area contributed by atoms with Gasteiger partial charge in [0.05, 0.1) is 46.2 Å². The summed E-state index contributed by atoms with van der Waals surface area (Å²) in [5, 5.41) is 240. The summed E-state index contributed by atoms with van der Waals surface area (Å²) in [6.45, 7) is -6.97. The van der Waals surface area contributed by atoms with Gasteiger partial charge in [0.25, 0.3) is 0 Å². The Morgan fingerprint density at radius 1 is 0.231 bits per heavy atom. The fourth-order valence-corrected chi connectivity index (χ4v) is 10.0. The van der Waals surface area contributed by atoms with Gasteiger partial charge in [0, 0.05) is 0 Å². The maximum atomic E-state index is 11.0. The second-order valence-electron chi connectivity index (χ2n) is 19.6. The van der Waals surface area contributed by atoms with E-state index in [0.717, 1.165) is 0 Å². The summed E-state index contributed by atoms with van der Waals surface area (Å²) in [5.41, 5.74) is 0. The van der Waals surface area contributed by atoms with Gasteiger partial charge in [-0.05, 0) is 0 Å². The molecule has 0 aromatic heterocycles. The maximum Gasteiger partial charge on any atom is 0.187 e. The SMILES string of the molecule is OC[C@@H](O)[C@@H]1O[C@@H](O[C@H](CO)[C@@H]2O[C@@H](O[C@H](CO)[C@@H]3O[C@@H](O[C@H](CO)[C@@H]4O[C@@H](O[C@H](CO)[C@@H]5O[C@@H](O[C@H](CO)[C@@H]6O[C@@H](O[C@H](CO)[C@@H]7O[C@@H](O)[C@H](O)[C@H]7O)[C@H](O)[C@H]6O)[C@H](O)[C@H]5O)[C@H](O)[C@H]4O)[C@H](O)[C@H]3O)[C@H](O)[C@H]2O)[C@H](O)[C@H]1O. The molecule has 23 N–H and O–H groups in total. The molecule has 35 atom stereocenters. The number of ether oxygens (including phenoxy) is 13. The molecular formula is C42H72O36. The van der Waals surface area contributed by atoms with Crippen LogP contribution < -0.4 is 0 Å². The van der Waals surface area contributed by atoms with E-state index >= 15 is 0 Å². The number of rotatable bonds is 26. The van der Waals surface area contributed by atoms with Gasteiger partial charge in [0.2, 0.25) is 0 Å². The average molecular weight is 1150 g/mol. The highest BCUT2D eigenvalue weighted by Gasteiger charge is 2.58. The highest BCUT2D eigenvalue weighted by atomic mass is 16.8. The van der Waals surface area contributed by atoms with Crippen LogP contribution in [-0.2, 0) is 61.6 Å². The summed E-state index contributed by atoms with van der Waals surface area (Å²) in [6, 6.07) is 0. The second kappa shape index (κ2) is 27.5. The molecule has 0 amide bonds. The molecule has 0 bridgehead atoms. The molecular weight excluding hydrogens is 1080 g/mol. The Labute approximate surface area is 439 Å². The van der Waals surface area contributed by atoms with E-state index in [2.05, 4.69) is 0 Å². The zero-order valence-electron chi connectivity index (χ0n) is 40.8. The van der Waals surface area contributed by atoms with Crippen molar-refractivity contribution < 1.29 is 179 Å². The molecule has 0 spiro atoms.